The Morgan fingerprint density at radius 1 is 1.21 bits per heavy atom. The summed E-state index contributed by atoms with van der Waals surface area (Å²) >= 11 is 0. The van der Waals surface area contributed by atoms with E-state index in [0.29, 0.717) is 28.2 Å². The highest BCUT2D eigenvalue weighted by molar-refractivity contribution is 6.01. The zero-order valence-electron chi connectivity index (χ0n) is 13.3. The number of aryl methyl sites for hydroxylation is 1. The SMILES string of the molecule is COC(=O)c1ccccc1NC(=O)Cc1ccc2oc(C)nc2c1. The van der Waals surface area contributed by atoms with E-state index >= 15 is 0 Å². The number of benzene rings is 2. The van der Waals surface area contributed by atoms with Gasteiger partial charge in [0.1, 0.15) is 5.52 Å². The molecule has 0 bridgehead atoms. The number of amides is 1. The molecule has 0 fully saturated rings. The molecule has 0 radical (unpaired) electrons. The fourth-order valence-corrected chi connectivity index (χ4v) is 2.46. The number of carbonyl (C=O) groups is 2. The first-order valence-electron chi connectivity index (χ1n) is 7.40. The summed E-state index contributed by atoms with van der Waals surface area (Å²) in [5.41, 5.74) is 2.95. The molecule has 0 unspecified atom stereocenters. The van der Waals surface area contributed by atoms with Crippen LogP contribution in [0.4, 0.5) is 5.69 Å². The number of aromatic nitrogens is 1. The molecule has 1 N–H and O–H groups in total. The van der Waals surface area contributed by atoms with Crippen molar-refractivity contribution < 1.29 is 18.7 Å². The summed E-state index contributed by atoms with van der Waals surface area (Å²) in [6, 6.07) is 12.1. The molecule has 24 heavy (non-hydrogen) atoms. The molecule has 0 spiro atoms. The van der Waals surface area contributed by atoms with Gasteiger partial charge in [0.2, 0.25) is 5.91 Å². The number of hydrogen-bond acceptors (Lipinski definition) is 5. The predicted molar refractivity (Wildman–Crippen MR) is 88.9 cm³/mol. The number of oxazole rings is 1. The number of carbonyl (C=O) groups excluding carboxylic acids is 2. The van der Waals surface area contributed by atoms with Crippen LogP contribution in [0.2, 0.25) is 0 Å². The minimum absolute atomic E-state index is 0.164. The Morgan fingerprint density at radius 3 is 2.79 bits per heavy atom. The molecular formula is C18H16N2O4. The number of rotatable bonds is 4. The summed E-state index contributed by atoms with van der Waals surface area (Å²) in [6.45, 7) is 1.77. The molecule has 3 aromatic rings. The Balaban J connectivity index is 1.76. The third-order valence-corrected chi connectivity index (χ3v) is 3.53. The van der Waals surface area contributed by atoms with E-state index < -0.39 is 5.97 Å². The van der Waals surface area contributed by atoms with Crippen LogP contribution in [0, 0.1) is 6.92 Å². The number of esters is 1. The average Bonchev–Trinajstić information content (AvgIpc) is 2.94. The molecule has 0 saturated carbocycles. The highest BCUT2D eigenvalue weighted by Crippen LogP contribution is 2.19. The van der Waals surface area contributed by atoms with Gasteiger partial charge in [-0.05, 0) is 29.8 Å². The van der Waals surface area contributed by atoms with Crippen molar-refractivity contribution in [3.63, 3.8) is 0 Å². The zero-order valence-corrected chi connectivity index (χ0v) is 13.3. The lowest BCUT2D eigenvalue weighted by molar-refractivity contribution is -0.115. The monoisotopic (exact) mass is 324 g/mol. The molecule has 3 rings (SSSR count). The first kappa shape index (κ1) is 15.7. The molecule has 0 aliphatic heterocycles. The highest BCUT2D eigenvalue weighted by atomic mass is 16.5. The number of nitrogens with one attached hydrogen (secondary N) is 1. The van der Waals surface area contributed by atoms with Crippen LogP contribution in [0.5, 0.6) is 0 Å². The van der Waals surface area contributed by atoms with Crippen molar-refractivity contribution in [3.8, 4) is 0 Å². The minimum Gasteiger partial charge on any atom is -0.465 e. The lowest BCUT2D eigenvalue weighted by Gasteiger charge is -2.09. The fraction of sp³-hybridized carbons (Fsp3) is 0.167. The lowest BCUT2D eigenvalue weighted by Crippen LogP contribution is -2.17. The van der Waals surface area contributed by atoms with E-state index in [1.807, 2.05) is 12.1 Å². The highest BCUT2D eigenvalue weighted by Gasteiger charge is 2.14. The minimum atomic E-state index is -0.495. The molecule has 1 amide bonds. The maximum Gasteiger partial charge on any atom is 0.339 e. The molecule has 1 aromatic heterocycles. The maximum absolute atomic E-state index is 12.3. The van der Waals surface area contributed by atoms with Gasteiger partial charge in [0.25, 0.3) is 0 Å². The number of fused-ring (bicyclic) bond motifs is 1. The van der Waals surface area contributed by atoms with Crippen LogP contribution in [0.3, 0.4) is 0 Å². The third-order valence-electron chi connectivity index (χ3n) is 3.53. The maximum atomic E-state index is 12.3. The molecule has 6 nitrogen and oxygen atoms in total. The van der Waals surface area contributed by atoms with Gasteiger partial charge in [-0.1, -0.05) is 18.2 Å². The van der Waals surface area contributed by atoms with E-state index in [1.54, 1.807) is 37.3 Å². The van der Waals surface area contributed by atoms with Gasteiger partial charge in [-0.3, -0.25) is 4.79 Å². The summed E-state index contributed by atoms with van der Waals surface area (Å²) < 4.78 is 10.1. The quantitative estimate of drug-likeness (QED) is 0.746. The Bertz CT molecular complexity index is 914. The van der Waals surface area contributed by atoms with Crippen molar-refractivity contribution >= 4 is 28.7 Å². The van der Waals surface area contributed by atoms with Gasteiger partial charge in [0.15, 0.2) is 11.5 Å². The Labute approximate surface area is 138 Å². The number of para-hydroxylation sites is 1. The van der Waals surface area contributed by atoms with E-state index in [1.165, 1.54) is 7.11 Å². The van der Waals surface area contributed by atoms with Crippen LogP contribution in [-0.2, 0) is 16.0 Å². The molecule has 0 atom stereocenters. The first-order chi connectivity index (χ1) is 11.6. The second-order valence-corrected chi connectivity index (χ2v) is 5.30. The van der Waals surface area contributed by atoms with Crippen molar-refractivity contribution in [2.75, 3.05) is 12.4 Å². The normalized spacial score (nSPS) is 10.6. The zero-order chi connectivity index (χ0) is 17.1. The van der Waals surface area contributed by atoms with Gasteiger partial charge in [0, 0.05) is 6.92 Å². The first-order valence-corrected chi connectivity index (χ1v) is 7.40. The van der Waals surface area contributed by atoms with Gasteiger partial charge in [-0.15, -0.1) is 0 Å². The Hall–Kier alpha value is -3.15. The molecule has 0 saturated heterocycles. The Kier molecular flexibility index (Phi) is 4.29. The average molecular weight is 324 g/mol. The molecule has 0 aliphatic carbocycles. The molecule has 6 heteroatoms. The fourth-order valence-electron chi connectivity index (χ4n) is 2.46. The number of ether oxygens (including phenoxy) is 1. The van der Waals surface area contributed by atoms with E-state index in [9.17, 15) is 9.59 Å². The van der Waals surface area contributed by atoms with Crippen LogP contribution < -0.4 is 5.32 Å². The molecule has 2 aromatic carbocycles. The largest absolute Gasteiger partial charge is 0.465 e. The smallest absolute Gasteiger partial charge is 0.339 e. The summed E-state index contributed by atoms with van der Waals surface area (Å²) in [7, 11) is 1.30. The summed E-state index contributed by atoms with van der Waals surface area (Å²) in [5.74, 6) is -0.144. The predicted octanol–water partition coefficient (Wildman–Crippen LogP) is 3.10. The van der Waals surface area contributed by atoms with Crippen molar-refractivity contribution in [1.82, 2.24) is 4.98 Å². The van der Waals surface area contributed by atoms with Crippen molar-refractivity contribution in [2.24, 2.45) is 0 Å². The Morgan fingerprint density at radius 2 is 2.00 bits per heavy atom. The number of methoxy groups -OCH3 is 1. The standard InChI is InChI=1S/C18H16N2O4/c1-11-19-15-9-12(7-8-16(15)24-11)10-17(21)20-14-6-4-3-5-13(14)18(22)23-2/h3-9H,10H2,1-2H3,(H,20,21). The van der Waals surface area contributed by atoms with Gasteiger partial charge in [-0.2, -0.15) is 0 Å². The van der Waals surface area contributed by atoms with Crippen LogP contribution in [-0.4, -0.2) is 24.0 Å². The van der Waals surface area contributed by atoms with Gasteiger partial charge < -0.3 is 14.5 Å². The number of nitrogens with zero attached hydrogens (tertiary/aromatic N) is 1. The molecular weight excluding hydrogens is 308 g/mol. The van der Waals surface area contributed by atoms with Crippen LogP contribution >= 0.6 is 0 Å². The van der Waals surface area contributed by atoms with E-state index in [2.05, 4.69) is 10.3 Å². The number of hydrogen-bond donors (Lipinski definition) is 1. The van der Waals surface area contributed by atoms with Crippen molar-refractivity contribution in [3.05, 3.63) is 59.5 Å². The lowest BCUT2D eigenvalue weighted by atomic mass is 10.1. The second-order valence-electron chi connectivity index (χ2n) is 5.30. The van der Waals surface area contributed by atoms with Gasteiger partial charge >= 0.3 is 5.97 Å². The molecule has 122 valence electrons. The van der Waals surface area contributed by atoms with Gasteiger partial charge in [0.05, 0.1) is 24.8 Å². The summed E-state index contributed by atoms with van der Waals surface area (Å²) in [6.07, 6.45) is 0.164. The van der Waals surface area contributed by atoms with Crippen molar-refractivity contribution in [1.29, 1.82) is 0 Å². The van der Waals surface area contributed by atoms with E-state index in [0.717, 1.165) is 5.56 Å². The number of anilines is 1. The third kappa shape index (κ3) is 3.27. The van der Waals surface area contributed by atoms with Gasteiger partial charge in [-0.25, -0.2) is 9.78 Å². The summed E-state index contributed by atoms with van der Waals surface area (Å²) in [4.78, 5) is 28.3. The molecule has 0 aliphatic rings. The van der Waals surface area contributed by atoms with E-state index in [-0.39, 0.29) is 12.3 Å². The second kappa shape index (κ2) is 6.54. The molecule has 1 heterocycles. The topological polar surface area (TPSA) is 81.4 Å². The van der Waals surface area contributed by atoms with E-state index in [4.69, 9.17) is 9.15 Å². The summed E-state index contributed by atoms with van der Waals surface area (Å²) in [5, 5.41) is 2.74. The van der Waals surface area contributed by atoms with Crippen LogP contribution in [0.15, 0.2) is 46.9 Å². The van der Waals surface area contributed by atoms with Crippen LogP contribution in [0.25, 0.3) is 11.1 Å². The van der Waals surface area contributed by atoms with Crippen LogP contribution in [0.1, 0.15) is 21.8 Å². The van der Waals surface area contributed by atoms with Crippen molar-refractivity contribution in [2.45, 2.75) is 13.3 Å².